The first-order valence-electron chi connectivity index (χ1n) is 6.26. The van der Waals surface area contributed by atoms with E-state index in [0.29, 0.717) is 16.6 Å². The Bertz CT molecular complexity index is 658. The first-order valence-corrected chi connectivity index (χ1v) is 7.02. The third-order valence-corrected chi connectivity index (χ3v) is 3.12. The molecule has 122 valence electrons. The van der Waals surface area contributed by atoms with Crippen LogP contribution in [0.2, 0.25) is 10.0 Å². The van der Waals surface area contributed by atoms with Gasteiger partial charge in [0.25, 0.3) is 0 Å². The van der Waals surface area contributed by atoms with Crippen LogP contribution in [0.3, 0.4) is 0 Å². The summed E-state index contributed by atoms with van der Waals surface area (Å²) in [7, 11) is 0. The summed E-state index contributed by atoms with van der Waals surface area (Å²) in [5, 5.41) is 19.1. The number of nitrogens with zero attached hydrogens (tertiary/aromatic N) is 2. The van der Waals surface area contributed by atoms with Crippen molar-refractivity contribution >= 4 is 46.8 Å². The Morgan fingerprint density at radius 2 is 2.00 bits per heavy atom. The maximum Gasteiger partial charge on any atom is 0.414 e. The fourth-order valence-corrected chi connectivity index (χ4v) is 2.03. The second kappa shape index (κ2) is 8.88. The number of rotatable bonds is 2. The van der Waals surface area contributed by atoms with Gasteiger partial charge in [0.15, 0.2) is 5.96 Å². The lowest BCUT2D eigenvalue weighted by Gasteiger charge is -2.18. The summed E-state index contributed by atoms with van der Waals surface area (Å²) in [5.41, 5.74) is 0.777. The van der Waals surface area contributed by atoms with Gasteiger partial charge in [0.2, 0.25) is 0 Å². The van der Waals surface area contributed by atoms with Crippen LogP contribution in [0.15, 0.2) is 23.2 Å². The zero-order valence-electron chi connectivity index (χ0n) is 11.8. The van der Waals surface area contributed by atoms with E-state index >= 15 is 0 Å². The second-order valence-electron chi connectivity index (χ2n) is 4.19. The lowest BCUT2D eigenvalue weighted by molar-refractivity contribution is -0.159. The molecule has 1 aromatic carbocycles. The van der Waals surface area contributed by atoms with E-state index in [-0.39, 0.29) is 0 Å². The van der Waals surface area contributed by atoms with Crippen molar-refractivity contribution in [1.29, 1.82) is 0 Å². The Labute approximate surface area is 142 Å². The van der Waals surface area contributed by atoms with Crippen LogP contribution in [0, 0.1) is 12.3 Å². The molecule has 2 rings (SSSR count). The number of guanidine groups is 1. The predicted molar refractivity (Wildman–Crippen MR) is 88.1 cm³/mol. The number of terminal acetylenes is 1. The summed E-state index contributed by atoms with van der Waals surface area (Å²) >= 11 is 11.9. The van der Waals surface area contributed by atoms with E-state index in [4.69, 9.17) is 49.4 Å². The predicted octanol–water partition coefficient (Wildman–Crippen LogP) is 1.87. The third kappa shape index (κ3) is 6.06. The summed E-state index contributed by atoms with van der Waals surface area (Å²) in [4.78, 5) is 24.5. The topological polar surface area (TPSA) is 102 Å². The maximum absolute atomic E-state index is 9.10. The Morgan fingerprint density at radius 1 is 1.35 bits per heavy atom. The molecule has 1 aliphatic heterocycles. The van der Waals surface area contributed by atoms with Crippen molar-refractivity contribution in [1.82, 2.24) is 4.90 Å². The van der Waals surface area contributed by atoms with Crippen LogP contribution in [0.5, 0.6) is 0 Å². The number of aliphatic imine (C=N–C) groups is 1. The van der Waals surface area contributed by atoms with Crippen LogP contribution in [0.1, 0.15) is 0 Å². The minimum atomic E-state index is -1.82. The molecule has 0 atom stereocenters. The molecule has 1 aromatic rings. The van der Waals surface area contributed by atoms with Gasteiger partial charge in [0, 0.05) is 11.6 Å². The first-order chi connectivity index (χ1) is 10.8. The highest BCUT2D eigenvalue weighted by Crippen LogP contribution is 2.25. The van der Waals surface area contributed by atoms with Crippen molar-refractivity contribution < 1.29 is 19.8 Å². The van der Waals surface area contributed by atoms with Gasteiger partial charge in [-0.2, -0.15) is 0 Å². The standard InChI is InChI=1S/C12H11Cl2N3.C2H2O4/c1-2-6-17-7-5-15-12(17)16-11-4-3-9(13)8-10(11)14;3-1(4)2(5)6/h1,3-4,8H,5-7H2,(H,15,16);(H,3,4)(H,5,6). The maximum atomic E-state index is 9.10. The Morgan fingerprint density at radius 3 is 2.52 bits per heavy atom. The van der Waals surface area contributed by atoms with E-state index < -0.39 is 11.9 Å². The summed E-state index contributed by atoms with van der Waals surface area (Å²) < 4.78 is 0. The summed E-state index contributed by atoms with van der Waals surface area (Å²) in [5.74, 6) is -0.291. The van der Waals surface area contributed by atoms with Crippen LogP contribution in [0.25, 0.3) is 0 Å². The highest BCUT2D eigenvalue weighted by molar-refractivity contribution is 6.36. The SMILES string of the molecule is C#CCN1CCN=C1Nc1ccc(Cl)cc1Cl.O=C(O)C(=O)O. The number of benzene rings is 1. The Hall–Kier alpha value is -2.43. The normalized spacial score (nSPS) is 12.6. The van der Waals surface area contributed by atoms with Crippen molar-refractivity contribution in [3.63, 3.8) is 0 Å². The molecule has 0 fully saturated rings. The lowest BCUT2D eigenvalue weighted by Crippen LogP contribution is -2.33. The van der Waals surface area contributed by atoms with Gasteiger partial charge in [0.05, 0.1) is 23.8 Å². The third-order valence-electron chi connectivity index (χ3n) is 2.57. The van der Waals surface area contributed by atoms with E-state index in [1.54, 1.807) is 12.1 Å². The van der Waals surface area contributed by atoms with Crippen molar-refractivity contribution in [2.24, 2.45) is 4.99 Å². The van der Waals surface area contributed by atoms with E-state index in [1.165, 1.54) is 0 Å². The van der Waals surface area contributed by atoms with Gasteiger partial charge in [-0.3, -0.25) is 4.99 Å². The number of aliphatic carboxylic acids is 2. The molecule has 1 aliphatic rings. The van der Waals surface area contributed by atoms with Crippen LogP contribution in [-0.2, 0) is 9.59 Å². The highest BCUT2D eigenvalue weighted by Gasteiger charge is 2.16. The van der Waals surface area contributed by atoms with Crippen LogP contribution < -0.4 is 5.32 Å². The smallest absolute Gasteiger partial charge is 0.414 e. The van der Waals surface area contributed by atoms with Crippen molar-refractivity contribution in [3.8, 4) is 12.3 Å². The lowest BCUT2D eigenvalue weighted by atomic mass is 10.3. The van der Waals surface area contributed by atoms with Gasteiger partial charge < -0.3 is 20.4 Å². The molecular formula is C14H13Cl2N3O4. The molecule has 1 heterocycles. The summed E-state index contributed by atoms with van der Waals surface area (Å²) in [6, 6.07) is 5.28. The monoisotopic (exact) mass is 357 g/mol. The second-order valence-corrected chi connectivity index (χ2v) is 5.03. The molecule has 0 spiro atoms. The van der Waals surface area contributed by atoms with Gasteiger partial charge in [-0.1, -0.05) is 29.1 Å². The molecule has 0 aromatic heterocycles. The largest absolute Gasteiger partial charge is 0.473 e. The number of carbonyl (C=O) groups is 2. The molecule has 0 aliphatic carbocycles. The minimum absolute atomic E-state index is 0.539. The molecular weight excluding hydrogens is 345 g/mol. The molecule has 3 N–H and O–H groups in total. The van der Waals surface area contributed by atoms with Gasteiger partial charge in [-0.15, -0.1) is 6.42 Å². The zero-order chi connectivity index (χ0) is 17.4. The number of carboxylic acid groups (broad SMARTS) is 2. The van der Waals surface area contributed by atoms with Crippen LogP contribution >= 0.6 is 23.2 Å². The number of carboxylic acids is 2. The van der Waals surface area contributed by atoms with Crippen LogP contribution in [-0.4, -0.2) is 52.6 Å². The molecule has 0 unspecified atom stereocenters. The van der Waals surface area contributed by atoms with E-state index in [2.05, 4.69) is 16.2 Å². The van der Waals surface area contributed by atoms with Crippen LogP contribution in [0.4, 0.5) is 5.69 Å². The molecule has 0 saturated carbocycles. The molecule has 9 heteroatoms. The zero-order valence-corrected chi connectivity index (χ0v) is 13.3. The minimum Gasteiger partial charge on any atom is -0.473 e. The quantitative estimate of drug-likeness (QED) is 0.551. The Balaban J connectivity index is 0.000000379. The fourth-order valence-electron chi connectivity index (χ4n) is 1.58. The number of hydrogen-bond acceptors (Lipinski definition) is 5. The molecule has 0 radical (unpaired) electrons. The molecule has 0 saturated heterocycles. The molecule has 0 bridgehead atoms. The number of anilines is 1. The Kier molecular flexibility index (Phi) is 7.19. The van der Waals surface area contributed by atoms with Crippen molar-refractivity contribution in [2.75, 3.05) is 25.0 Å². The van der Waals surface area contributed by atoms with Crippen molar-refractivity contribution in [3.05, 3.63) is 28.2 Å². The summed E-state index contributed by atoms with van der Waals surface area (Å²) in [6.07, 6.45) is 5.30. The number of nitrogens with one attached hydrogen (secondary N) is 1. The van der Waals surface area contributed by atoms with Gasteiger partial charge in [-0.05, 0) is 18.2 Å². The van der Waals surface area contributed by atoms with E-state index in [1.807, 2.05) is 11.0 Å². The highest BCUT2D eigenvalue weighted by atomic mass is 35.5. The number of hydrogen-bond donors (Lipinski definition) is 3. The molecule has 0 amide bonds. The molecule has 7 nitrogen and oxygen atoms in total. The summed E-state index contributed by atoms with van der Waals surface area (Å²) in [6.45, 7) is 2.12. The average Bonchev–Trinajstić information content (AvgIpc) is 2.90. The first kappa shape index (κ1) is 18.6. The van der Waals surface area contributed by atoms with Crippen molar-refractivity contribution in [2.45, 2.75) is 0 Å². The van der Waals surface area contributed by atoms with Gasteiger partial charge >= 0.3 is 11.9 Å². The van der Waals surface area contributed by atoms with E-state index in [0.717, 1.165) is 24.7 Å². The molecule has 23 heavy (non-hydrogen) atoms. The van der Waals surface area contributed by atoms with E-state index in [9.17, 15) is 0 Å². The fraction of sp³-hybridized carbons (Fsp3) is 0.214. The van der Waals surface area contributed by atoms with Gasteiger partial charge in [0.1, 0.15) is 0 Å². The number of halogens is 2. The average molecular weight is 358 g/mol. The van der Waals surface area contributed by atoms with Gasteiger partial charge in [-0.25, -0.2) is 9.59 Å².